The van der Waals surface area contributed by atoms with Gasteiger partial charge in [0.1, 0.15) is 0 Å². The van der Waals surface area contributed by atoms with E-state index in [2.05, 4.69) is 40.2 Å². The van der Waals surface area contributed by atoms with Crippen molar-refractivity contribution in [1.82, 2.24) is 5.32 Å². The number of hydrogen-bond donors (Lipinski definition) is 3. The van der Waals surface area contributed by atoms with Crippen molar-refractivity contribution in [2.24, 2.45) is 0 Å². The third-order valence-corrected chi connectivity index (χ3v) is 5.34. The number of para-hydroxylation sites is 2. The molecule has 0 aliphatic heterocycles. The Kier molecular flexibility index (Phi) is 6.58. The molecular formula is C27H25N3O2. The summed E-state index contributed by atoms with van der Waals surface area (Å²) >= 11 is 0. The lowest BCUT2D eigenvalue weighted by molar-refractivity contribution is -0.115. The molecule has 0 spiro atoms. The molecule has 5 heteroatoms. The maximum absolute atomic E-state index is 12.7. The molecule has 4 aromatic carbocycles. The van der Waals surface area contributed by atoms with Crippen molar-refractivity contribution >= 4 is 34.0 Å². The van der Waals surface area contributed by atoms with Crippen molar-refractivity contribution in [3.05, 3.63) is 108 Å². The highest BCUT2D eigenvalue weighted by atomic mass is 16.2. The Labute approximate surface area is 187 Å². The maximum atomic E-state index is 12.7. The van der Waals surface area contributed by atoms with Gasteiger partial charge in [0.05, 0.1) is 17.8 Å². The van der Waals surface area contributed by atoms with Crippen LogP contribution in [0.3, 0.4) is 0 Å². The molecule has 0 radical (unpaired) electrons. The molecule has 0 bridgehead atoms. The number of fused-ring (bicyclic) bond motifs is 1. The van der Waals surface area contributed by atoms with Crippen LogP contribution in [-0.4, -0.2) is 18.4 Å². The van der Waals surface area contributed by atoms with E-state index < -0.39 is 0 Å². The van der Waals surface area contributed by atoms with E-state index in [0.717, 1.165) is 5.56 Å². The molecule has 1 atom stereocenters. The summed E-state index contributed by atoms with van der Waals surface area (Å²) in [5.74, 6) is -0.485. The quantitative estimate of drug-likeness (QED) is 0.374. The van der Waals surface area contributed by atoms with E-state index in [4.69, 9.17) is 0 Å². The van der Waals surface area contributed by atoms with Crippen LogP contribution in [0.2, 0.25) is 0 Å². The van der Waals surface area contributed by atoms with Crippen LogP contribution in [0.15, 0.2) is 97.1 Å². The first-order chi connectivity index (χ1) is 15.6. The average molecular weight is 424 g/mol. The second-order valence-electron chi connectivity index (χ2n) is 7.58. The van der Waals surface area contributed by atoms with E-state index in [0.29, 0.717) is 16.9 Å². The van der Waals surface area contributed by atoms with Crippen LogP contribution in [0.4, 0.5) is 11.4 Å². The van der Waals surface area contributed by atoms with Gasteiger partial charge in [-0.25, -0.2) is 0 Å². The fourth-order valence-electron chi connectivity index (χ4n) is 3.69. The first-order valence-corrected chi connectivity index (χ1v) is 10.6. The van der Waals surface area contributed by atoms with Crippen LogP contribution in [-0.2, 0) is 4.79 Å². The number of rotatable bonds is 7. The minimum Gasteiger partial charge on any atom is -0.324 e. The number of carbonyl (C=O) groups is 2. The lowest BCUT2D eigenvalue weighted by Crippen LogP contribution is -2.30. The van der Waals surface area contributed by atoms with Gasteiger partial charge < -0.3 is 16.0 Å². The molecule has 0 aliphatic carbocycles. The van der Waals surface area contributed by atoms with Crippen LogP contribution in [0.5, 0.6) is 0 Å². The lowest BCUT2D eigenvalue weighted by Gasteiger charge is -2.17. The van der Waals surface area contributed by atoms with Crippen molar-refractivity contribution < 1.29 is 9.59 Å². The number of hydrogen-bond acceptors (Lipinski definition) is 3. The van der Waals surface area contributed by atoms with Gasteiger partial charge in [-0.15, -0.1) is 0 Å². The first kappa shape index (κ1) is 21.3. The molecule has 0 unspecified atom stereocenters. The first-order valence-electron chi connectivity index (χ1n) is 10.6. The second-order valence-corrected chi connectivity index (χ2v) is 7.58. The fraction of sp³-hybridized carbons (Fsp3) is 0.111. The summed E-state index contributed by atoms with van der Waals surface area (Å²) in [7, 11) is 0. The van der Waals surface area contributed by atoms with Crippen LogP contribution in [0, 0.1) is 0 Å². The molecule has 5 nitrogen and oxygen atoms in total. The topological polar surface area (TPSA) is 70.2 Å². The SMILES string of the molecule is C[C@@H](NCC(=O)Nc1ccccc1C(=O)Nc1ccccc1)c1cccc2ccccc12. The number of anilines is 2. The standard InChI is InChI=1S/C27H25N3O2/c1-19(22-16-9-11-20-10-5-6-14-23(20)22)28-18-26(31)30-25-17-8-7-15-24(25)27(32)29-21-12-3-2-4-13-21/h2-17,19,28H,18H2,1H3,(H,29,32)(H,30,31)/t19-/m1/s1. The van der Waals surface area contributed by atoms with Gasteiger partial charge in [-0.1, -0.05) is 72.8 Å². The third-order valence-electron chi connectivity index (χ3n) is 5.34. The van der Waals surface area contributed by atoms with Crippen LogP contribution < -0.4 is 16.0 Å². The van der Waals surface area contributed by atoms with Crippen LogP contribution in [0.1, 0.15) is 28.9 Å². The Morgan fingerprint density at radius 3 is 2.28 bits per heavy atom. The van der Waals surface area contributed by atoms with Gasteiger partial charge in [0.2, 0.25) is 5.91 Å². The van der Waals surface area contributed by atoms with Gasteiger partial charge in [0, 0.05) is 11.7 Å². The Bertz CT molecular complexity index is 1230. The summed E-state index contributed by atoms with van der Waals surface area (Å²) in [6.45, 7) is 2.16. The summed E-state index contributed by atoms with van der Waals surface area (Å²) in [5, 5.41) is 11.3. The Morgan fingerprint density at radius 1 is 0.750 bits per heavy atom. The van der Waals surface area contributed by atoms with Crippen molar-refractivity contribution in [3.8, 4) is 0 Å². The number of carbonyl (C=O) groups excluding carboxylic acids is 2. The van der Waals surface area contributed by atoms with E-state index in [-0.39, 0.29) is 24.4 Å². The van der Waals surface area contributed by atoms with Crippen molar-refractivity contribution in [2.45, 2.75) is 13.0 Å². The van der Waals surface area contributed by atoms with Gasteiger partial charge in [0.25, 0.3) is 5.91 Å². The summed E-state index contributed by atoms with van der Waals surface area (Å²) in [4.78, 5) is 25.4. The van der Waals surface area contributed by atoms with E-state index >= 15 is 0 Å². The van der Waals surface area contributed by atoms with Gasteiger partial charge in [-0.2, -0.15) is 0 Å². The van der Waals surface area contributed by atoms with Gasteiger partial charge in [-0.3, -0.25) is 9.59 Å². The number of amides is 2. The lowest BCUT2D eigenvalue weighted by atomic mass is 10.00. The monoisotopic (exact) mass is 423 g/mol. The zero-order chi connectivity index (χ0) is 22.3. The molecule has 160 valence electrons. The van der Waals surface area contributed by atoms with Gasteiger partial charge in [0.15, 0.2) is 0 Å². The normalized spacial score (nSPS) is 11.7. The van der Waals surface area contributed by atoms with E-state index in [1.807, 2.05) is 55.5 Å². The van der Waals surface area contributed by atoms with Crippen LogP contribution >= 0.6 is 0 Å². The molecule has 4 rings (SSSR count). The fourth-order valence-corrected chi connectivity index (χ4v) is 3.69. The zero-order valence-electron chi connectivity index (χ0n) is 17.8. The molecule has 0 heterocycles. The molecule has 0 aromatic heterocycles. The predicted octanol–water partition coefficient (Wildman–Crippen LogP) is 5.38. The summed E-state index contributed by atoms with van der Waals surface area (Å²) < 4.78 is 0. The summed E-state index contributed by atoms with van der Waals surface area (Å²) in [6, 6.07) is 30.6. The van der Waals surface area contributed by atoms with E-state index in [1.54, 1.807) is 24.3 Å². The second kappa shape index (κ2) is 9.90. The zero-order valence-corrected chi connectivity index (χ0v) is 17.8. The summed E-state index contributed by atoms with van der Waals surface area (Å²) in [6.07, 6.45) is 0. The molecule has 0 saturated heterocycles. The molecule has 32 heavy (non-hydrogen) atoms. The third kappa shape index (κ3) is 5.02. The number of nitrogens with one attached hydrogen (secondary N) is 3. The largest absolute Gasteiger partial charge is 0.324 e. The minimum atomic E-state index is -0.274. The highest BCUT2D eigenvalue weighted by Crippen LogP contribution is 2.24. The maximum Gasteiger partial charge on any atom is 0.257 e. The highest BCUT2D eigenvalue weighted by molar-refractivity contribution is 6.10. The van der Waals surface area contributed by atoms with E-state index in [1.165, 1.54) is 10.8 Å². The Balaban J connectivity index is 1.41. The van der Waals surface area contributed by atoms with Crippen molar-refractivity contribution in [3.63, 3.8) is 0 Å². The minimum absolute atomic E-state index is 0.0107. The molecule has 4 aromatic rings. The molecule has 0 saturated carbocycles. The van der Waals surface area contributed by atoms with Gasteiger partial charge >= 0.3 is 0 Å². The predicted molar refractivity (Wildman–Crippen MR) is 130 cm³/mol. The molecule has 0 fully saturated rings. The summed E-state index contributed by atoms with van der Waals surface area (Å²) in [5.41, 5.74) is 2.72. The van der Waals surface area contributed by atoms with E-state index in [9.17, 15) is 9.59 Å². The Morgan fingerprint density at radius 2 is 1.44 bits per heavy atom. The van der Waals surface area contributed by atoms with Crippen molar-refractivity contribution in [2.75, 3.05) is 17.2 Å². The molecule has 2 amide bonds. The average Bonchev–Trinajstić information content (AvgIpc) is 2.83. The Hall–Kier alpha value is -3.96. The molecule has 0 aliphatic rings. The smallest absolute Gasteiger partial charge is 0.257 e. The molecule has 3 N–H and O–H groups in total. The van der Waals surface area contributed by atoms with Crippen LogP contribution in [0.25, 0.3) is 10.8 Å². The van der Waals surface area contributed by atoms with Gasteiger partial charge in [-0.05, 0) is 47.5 Å². The van der Waals surface area contributed by atoms with Crippen molar-refractivity contribution in [1.29, 1.82) is 0 Å². The number of benzene rings is 4. The highest BCUT2D eigenvalue weighted by Gasteiger charge is 2.15. The molecular weight excluding hydrogens is 398 g/mol.